The van der Waals surface area contributed by atoms with Crippen LogP contribution >= 0.6 is 0 Å². The predicted octanol–water partition coefficient (Wildman–Crippen LogP) is 2.65. The lowest BCUT2D eigenvalue weighted by atomic mass is 10.1. The molecular weight excluding hydrogens is 260 g/mol. The summed E-state index contributed by atoms with van der Waals surface area (Å²) in [6, 6.07) is 4.36. The summed E-state index contributed by atoms with van der Waals surface area (Å²) >= 11 is 0. The molecule has 0 spiro atoms. The summed E-state index contributed by atoms with van der Waals surface area (Å²) in [6.07, 6.45) is 4.23. The Morgan fingerprint density at radius 3 is 2.53 bits per heavy atom. The number of rotatable bonds is 4. The first-order valence-corrected chi connectivity index (χ1v) is 5.07. The second-order valence-corrected chi connectivity index (χ2v) is 3.42. The van der Waals surface area contributed by atoms with Gasteiger partial charge in [0.2, 0.25) is 0 Å². The van der Waals surface area contributed by atoms with E-state index < -0.39 is 23.1 Å². The maximum absolute atomic E-state index is 12.1. The third-order valence-electron chi connectivity index (χ3n) is 2.24. The second-order valence-electron chi connectivity index (χ2n) is 3.42. The SMILES string of the molecule is O=[N+]([O-])c1cc(-c2ccncc2)cnc1OC(F)F. The summed E-state index contributed by atoms with van der Waals surface area (Å²) in [6.45, 7) is -3.17. The van der Waals surface area contributed by atoms with Gasteiger partial charge < -0.3 is 4.74 Å². The van der Waals surface area contributed by atoms with Crippen molar-refractivity contribution < 1.29 is 18.4 Å². The fourth-order valence-electron chi connectivity index (χ4n) is 1.45. The van der Waals surface area contributed by atoms with Crippen molar-refractivity contribution in [2.24, 2.45) is 0 Å². The maximum Gasteiger partial charge on any atom is 0.388 e. The first-order valence-electron chi connectivity index (χ1n) is 5.07. The molecule has 0 aliphatic carbocycles. The fourth-order valence-corrected chi connectivity index (χ4v) is 1.45. The molecule has 2 aromatic rings. The highest BCUT2D eigenvalue weighted by Gasteiger charge is 2.21. The number of pyridine rings is 2. The van der Waals surface area contributed by atoms with E-state index in [1.807, 2.05) is 0 Å². The molecule has 0 saturated heterocycles. The normalized spacial score (nSPS) is 10.5. The summed E-state index contributed by atoms with van der Waals surface area (Å²) in [5.74, 6) is -0.710. The van der Waals surface area contributed by atoms with Crippen LogP contribution in [0.5, 0.6) is 5.88 Å². The van der Waals surface area contributed by atoms with Gasteiger partial charge in [-0.15, -0.1) is 0 Å². The summed E-state index contributed by atoms with van der Waals surface area (Å²) in [7, 11) is 0. The Balaban J connectivity index is 2.45. The Morgan fingerprint density at radius 1 is 1.26 bits per heavy atom. The van der Waals surface area contributed by atoms with Gasteiger partial charge in [0.1, 0.15) is 0 Å². The number of ether oxygens (including phenoxy) is 1. The summed E-state index contributed by atoms with van der Waals surface area (Å²) in [5, 5.41) is 10.8. The standard InChI is InChI=1S/C11H7F2N3O3/c12-11(13)19-10-9(16(17)18)5-8(6-15-10)7-1-3-14-4-2-7/h1-6,11H. The average Bonchev–Trinajstić information content (AvgIpc) is 2.39. The highest BCUT2D eigenvalue weighted by atomic mass is 19.3. The quantitative estimate of drug-likeness (QED) is 0.628. The van der Waals surface area contributed by atoms with E-state index >= 15 is 0 Å². The highest BCUT2D eigenvalue weighted by Crippen LogP contribution is 2.30. The molecule has 0 saturated carbocycles. The lowest BCUT2D eigenvalue weighted by Gasteiger charge is -2.06. The van der Waals surface area contributed by atoms with E-state index in [1.54, 1.807) is 12.1 Å². The molecule has 0 radical (unpaired) electrons. The van der Waals surface area contributed by atoms with Crippen LogP contribution in [0.15, 0.2) is 36.8 Å². The molecule has 0 aliphatic heterocycles. The van der Waals surface area contributed by atoms with Crippen LogP contribution in [0, 0.1) is 10.1 Å². The van der Waals surface area contributed by atoms with Crippen molar-refractivity contribution in [2.45, 2.75) is 6.61 Å². The Bertz CT molecular complexity index is 593. The molecule has 0 fully saturated rings. The number of halogens is 2. The number of hydrogen-bond donors (Lipinski definition) is 0. The molecule has 0 amide bonds. The van der Waals surface area contributed by atoms with Gasteiger partial charge in [-0.2, -0.15) is 8.78 Å². The summed E-state index contributed by atoms with van der Waals surface area (Å²) < 4.78 is 28.2. The van der Waals surface area contributed by atoms with Crippen LogP contribution in [0.1, 0.15) is 0 Å². The van der Waals surface area contributed by atoms with E-state index in [0.29, 0.717) is 11.1 Å². The van der Waals surface area contributed by atoms with Crippen molar-refractivity contribution in [3.8, 4) is 17.0 Å². The van der Waals surface area contributed by atoms with Gasteiger partial charge in [0.05, 0.1) is 4.92 Å². The first kappa shape index (κ1) is 12.8. The zero-order chi connectivity index (χ0) is 13.8. The van der Waals surface area contributed by atoms with Gasteiger partial charge in [-0.25, -0.2) is 4.98 Å². The molecule has 2 heterocycles. The highest BCUT2D eigenvalue weighted by molar-refractivity contribution is 5.66. The lowest BCUT2D eigenvalue weighted by molar-refractivity contribution is -0.386. The van der Waals surface area contributed by atoms with E-state index in [0.717, 1.165) is 6.07 Å². The van der Waals surface area contributed by atoms with Gasteiger partial charge in [-0.05, 0) is 17.7 Å². The molecule has 0 unspecified atom stereocenters. The minimum absolute atomic E-state index is 0.413. The summed E-state index contributed by atoms with van der Waals surface area (Å²) in [4.78, 5) is 17.4. The molecule has 19 heavy (non-hydrogen) atoms. The van der Waals surface area contributed by atoms with E-state index in [4.69, 9.17) is 0 Å². The number of nitro groups is 1. The van der Waals surface area contributed by atoms with Crippen molar-refractivity contribution >= 4 is 5.69 Å². The minimum Gasteiger partial charge on any atom is -0.411 e. The Morgan fingerprint density at radius 2 is 1.95 bits per heavy atom. The van der Waals surface area contributed by atoms with E-state index in [9.17, 15) is 18.9 Å². The van der Waals surface area contributed by atoms with Crippen LogP contribution in [-0.4, -0.2) is 21.5 Å². The molecule has 2 rings (SSSR count). The topological polar surface area (TPSA) is 78.2 Å². The summed E-state index contributed by atoms with van der Waals surface area (Å²) in [5.41, 5.74) is 0.430. The van der Waals surface area contributed by atoms with Gasteiger partial charge in [-0.1, -0.05) is 0 Å². The number of nitrogens with zero attached hydrogens (tertiary/aromatic N) is 3. The molecule has 0 atom stereocenters. The van der Waals surface area contributed by atoms with Crippen LogP contribution in [0.4, 0.5) is 14.5 Å². The minimum atomic E-state index is -3.17. The molecular formula is C11H7F2N3O3. The lowest BCUT2D eigenvalue weighted by Crippen LogP contribution is -2.06. The van der Waals surface area contributed by atoms with Gasteiger partial charge in [0.15, 0.2) is 0 Å². The molecule has 0 N–H and O–H groups in total. The Hall–Kier alpha value is -2.64. The van der Waals surface area contributed by atoms with Crippen LogP contribution in [0.2, 0.25) is 0 Å². The van der Waals surface area contributed by atoms with Crippen molar-refractivity contribution in [3.05, 3.63) is 46.9 Å². The molecule has 2 aromatic heterocycles. The van der Waals surface area contributed by atoms with Crippen LogP contribution in [0.3, 0.4) is 0 Å². The van der Waals surface area contributed by atoms with Crippen LogP contribution in [-0.2, 0) is 0 Å². The average molecular weight is 267 g/mol. The predicted molar refractivity (Wildman–Crippen MR) is 60.8 cm³/mol. The number of hydrogen-bond acceptors (Lipinski definition) is 5. The van der Waals surface area contributed by atoms with E-state index in [-0.39, 0.29) is 0 Å². The van der Waals surface area contributed by atoms with Gasteiger partial charge >= 0.3 is 12.3 Å². The third kappa shape index (κ3) is 2.97. The number of alkyl halides is 2. The van der Waals surface area contributed by atoms with Gasteiger partial charge in [0.25, 0.3) is 5.88 Å². The third-order valence-corrected chi connectivity index (χ3v) is 2.24. The van der Waals surface area contributed by atoms with Crippen molar-refractivity contribution in [1.82, 2.24) is 9.97 Å². The van der Waals surface area contributed by atoms with Crippen molar-refractivity contribution in [3.63, 3.8) is 0 Å². The first-order chi connectivity index (χ1) is 9.08. The Kier molecular flexibility index (Phi) is 3.60. The monoisotopic (exact) mass is 267 g/mol. The second kappa shape index (κ2) is 5.34. The van der Waals surface area contributed by atoms with Crippen molar-refractivity contribution in [1.29, 1.82) is 0 Å². The smallest absolute Gasteiger partial charge is 0.388 e. The molecule has 0 bridgehead atoms. The Labute approximate surface area is 105 Å². The van der Waals surface area contributed by atoms with Crippen LogP contribution < -0.4 is 4.74 Å². The molecule has 8 heteroatoms. The fraction of sp³-hybridized carbons (Fsp3) is 0.0909. The van der Waals surface area contributed by atoms with E-state index in [1.165, 1.54) is 18.6 Å². The largest absolute Gasteiger partial charge is 0.411 e. The van der Waals surface area contributed by atoms with Gasteiger partial charge in [0, 0.05) is 30.2 Å². The van der Waals surface area contributed by atoms with Gasteiger partial charge in [-0.3, -0.25) is 15.1 Å². The number of aromatic nitrogens is 2. The zero-order valence-corrected chi connectivity index (χ0v) is 9.36. The molecule has 98 valence electrons. The van der Waals surface area contributed by atoms with E-state index in [2.05, 4.69) is 14.7 Å². The maximum atomic E-state index is 12.1. The molecule has 6 nitrogen and oxygen atoms in total. The molecule has 0 aromatic carbocycles. The van der Waals surface area contributed by atoms with Crippen LogP contribution in [0.25, 0.3) is 11.1 Å². The molecule has 0 aliphatic rings. The zero-order valence-electron chi connectivity index (χ0n) is 9.36. The van der Waals surface area contributed by atoms with Crippen molar-refractivity contribution in [2.75, 3.05) is 0 Å².